The van der Waals surface area contributed by atoms with Gasteiger partial charge in [-0.2, -0.15) is 0 Å². The Morgan fingerprint density at radius 2 is 2.09 bits per heavy atom. The fourth-order valence-electron chi connectivity index (χ4n) is 2.64. The topological polar surface area (TPSA) is 47.4 Å². The van der Waals surface area contributed by atoms with Gasteiger partial charge in [0.15, 0.2) is 0 Å². The van der Waals surface area contributed by atoms with Crippen molar-refractivity contribution in [2.24, 2.45) is 0 Å². The molecule has 1 aliphatic heterocycles. The van der Waals surface area contributed by atoms with Gasteiger partial charge in [0.2, 0.25) is 5.91 Å². The van der Waals surface area contributed by atoms with Crippen LogP contribution >= 0.6 is 0 Å². The Kier molecular flexibility index (Phi) is 5.44. The van der Waals surface area contributed by atoms with Gasteiger partial charge in [0.1, 0.15) is 5.82 Å². The van der Waals surface area contributed by atoms with Crippen LogP contribution in [0.5, 0.6) is 0 Å². The summed E-state index contributed by atoms with van der Waals surface area (Å²) < 4.78 is 42.3. The number of alkyl halides is 3. The zero-order valence-electron chi connectivity index (χ0n) is 12.5. The molecule has 1 amide bonds. The number of halogens is 3. The molecule has 0 bridgehead atoms. The zero-order valence-corrected chi connectivity index (χ0v) is 12.5. The summed E-state index contributed by atoms with van der Waals surface area (Å²) in [6.45, 7) is 3.15. The van der Waals surface area contributed by atoms with E-state index < -0.39 is 12.5 Å². The van der Waals surface area contributed by atoms with E-state index in [1.54, 1.807) is 11.1 Å². The molecule has 0 saturated carbocycles. The molecule has 2 rings (SSSR count). The van der Waals surface area contributed by atoms with Gasteiger partial charge in [0, 0.05) is 44.9 Å². The van der Waals surface area contributed by atoms with Crippen LogP contribution in [-0.2, 0) is 22.5 Å². The Hall–Kier alpha value is -1.57. The fraction of sp³-hybridized carbons (Fsp3) is 0.714. The van der Waals surface area contributed by atoms with Crippen molar-refractivity contribution in [1.82, 2.24) is 14.5 Å². The van der Waals surface area contributed by atoms with Gasteiger partial charge in [0.05, 0.1) is 6.10 Å². The van der Waals surface area contributed by atoms with E-state index in [0.29, 0.717) is 26.1 Å². The van der Waals surface area contributed by atoms with Gasteiger partial charge in [-0.15, -0.1) is 13.2 Å². The molecule has 0 aromatic carbocycles. The molecule has 5 nitrogen and oxygen atoms in total. The number of amides is 1. The first-order valence-corrected chi connectivity index (χ1v) is 7.41. The van der Waals surface area contributed by atoms with Crippen LogP contribution < -0.4 is 0 Å². The molecule has 0 atom stereocenters. The molecule has 1 aromatic heterocycles. The van der Waals surface area contributed by atoms with Crippen LogP contribution in [0.3, 0.4) is 0 Å². The molecule has 8 heteroatoms. The van der Waals surface area contributed by atoms with Gasteiger partial charge in [0.25, 0.3) is 0 Å². The highest BCUT2D eigenvalue weighted by molar-refractivity contribution is 5.76. The Morgan fingerprint density at radius 3 is 2.68 bits per heavy atom. The first-order valence-electron chi connectivity index (χ1n) is 7.41. The Bertz CT molecular complexity index is 494. The molecule has 1 fully saturated rings. The van der Waals surface area contributed by atoms with Crippen LogP contribution in [0.25, 0.3) is 0 Å². The molecule has 1 saturated heterocycles. The summed E-state index contributed by atoms with van der Waals surface area (Å²) in [4.78, 5) is 17.9. The molecule has 2 heterocycles. The largest absolute Gasteiger partial charge is 0.522 e. The van der Waals surface area contributed by atoms with E-state index in [-0.39, 0.29) is 18.7 Å². The molecule has 124 valence electrons. The monoisotopic (exact) mass is 319 g/mol. The highest BCUT2D eigenvalue weighted by atomic mass is 19.4. The van der Waals surface area contributed by atoms with Crippen LogP contribution in [0.2, 0.25) is 0 Å². The van der Waals surface area contributed by atoms with Gasteiger partial charge >= 0.3 is 6.36 Å². The number of carbonyl (C=O) groups excluding carboxylic acids is 1. The van der Waals surface area contributed by atoms with Gasteiger partial charge in [-0.05, 0) is 12.8 Å². The summed E-state index contributed by atoms with van der Waals surface area (Å²) in [5.74, 6) is 0.881. The van der Waals surface area contributed by atoms with E-state index in [0.717, 1.165) is 12.2 Å². The number of rotatable bonds is 5. The van der Waals surface area contributed by atoms with Crippen LogP contribution in [0.4, 0.5) is 13.2 Å². The Morgan fingerprint density at radius 1 is 1.41 bits per heavy atom. The Balaban J connectivity index is 1.76. The Labute approximate surface area is 127 Å². The molecule has 0 radical (unpaired) electrons. The van der Waals surface area contributed by atoms with Crippen molar-refractivity contribution in [2.45, 2.75) is 51.6 Å². The molecule has 0 spiro atoms. The first-order chi connectivity index (χ1) is 10.4. The third kappa shape index (κ3) is 4.72. The minimum atomic E-state index is -4.60. The normalized spacial score (nSPS) is 17.0. The molecule has 0 N–H and O–H groups in total. The number of nitrogens with zero attached hydrogens (tertiary/aromatic N) is 3. The maximum atomic E-state index is 12.1. The summed E-state index contributed by atoms with van der Waals surface area (Å²) >= 11 is 0. The van der Waals surface area contributed by atoms with Crippen molar-refractivity contribution < 1.29 is 22.7 Å². The van der Waals surface area contributed by atoms with E-state index in [1.165, 1.54) is 0 Å². The number of likely N-dealkylation sites (tertiary alicyclic amines) is 1. The zero-order chi connectivity index (χ0) is 16.2. The number of piperidine rings is 1. The van der Waals surface area contributed by atoms with Crippen molar-refractivity contribution in [3.8, 4) is 0 Å². The van der Waals surface area contributed by atoms with E-state index in [1.807, 2.05) is 17.7 Å². The molecule has 0 aliphatic carbocycles. The number of aryl methyl sites for hydroxylation is 2. The molecular formula is C14H20F3N3O2. The molecular weight excluding hydrogens is 299 g/mol. The van der Waals surface area contributed by atoms with Gasteiger partial charge in [-0.3, -0.25) is 9.53 Å². The van der Waals surface area contributed by atoms with Crippen molar-refractivity contribution in [3.05, 3.63) is 18.2 Å². The van der Waals surface area contributed by atoms with Crippen LogP contribution in [0.15, 0.2) is 12.4 Å². The lowest BCUT2D eigenvalue weighted by molar-refractivity contribution is -0.345. The minimum absolute atomic E-state index is 0.0405. The van der Waals surface area contributed by atoms with Crippen molar-refractivity contribution >= 4 is 5.91 Å². The minimum Gasteiger partial charge on any atom is -0.342 e. The van der Waals surface area contributed by atoms with E-state index in [9.17, 15) is 18.0 Å². The van der Waals surface area contributed by atoms with E-state index in [4.69, 9.17) is 0 Å². The number of hydrogen-bond acceptors (Lipinski definition) is 3. The molecule has 22 heavy (non-hydrogen) atoms. The van der Waals surface area contributed by atoms with Crippen LogP contribution in [0.1, 0.15) is 32.0 Å². The highest BCUT2D eigenvalue weighted by Crippen LogP contribution is 2.24. The lowest BCUT2D eigenvalue weighted by atomic mass is 10.1. The number of aromatic nitrogens is 2. The third-order valence-electron chi connectivity index (χ3n) is 3.78. The second-order valence-corrected chi connectivity index (χ2v) is 5.28. The van der Waals surface area contributed by atoms with Crippen molar-refractivity contribution in [1.29, 1.82) is 0 Å². The van der Waals surface area contributed by atoms with Gasteiger partial charge < -0.3 is 9.47 Å². The van der Waals surface area contributed by atoms with Crippen LogP contribution in [-0.4, -0.2) is 45.9 Å². The standard InChI is InChI=1S/C14H20F3N3O2/c1-2-12-18-6-10-19(12)9-5-13(21)20-7-3-11(4-8-20)22-14(15,16)17/h6,10-11H,2-5,7-9H2,1H3. The average Bonchev–Trinajstić information content (AvgIpc) is 2.91. The molecule has 1 aliphatic rings. The fourth-order valence-corrected chi connectivity index (χ4v) is 2.64. The van der Waals surface area contributed by atoms with Gasteiger partial charge in [-0.1, -0.05) is 6.92 Å². The maximum absolute atomic E-state index is 12.1. The first kappa shape index (κ1) is 16.8. The highest BCUT2D eigenvalue weighted by Gasteiger charge is 2.35. The number of carbonyl (C=O) groups is 1. The maximum Gasteiger partial charge on any atom is 0.522 e. The summed E-state index contributed by atoms with van der Waals surface area (Å²) in [5, 5.41) is 0. The molecule has 1 aromatic rings. The summed E-state index contributed by atoms with van der Waals surface area (Å²) in [6, 6.07) is 0. The second kappa shape index (κ2) is 7.13. The summed E-state index contributed by atoms with van der Waals surface area (Å²) in [7, 11) is 0. The van der Waals surface area contributed by atoms with Gasteiger partial charge in [-0.25, -0.2) is 4.98 Å². The predicted molar refractivity (Wildman–Crippen MR) is 73.0 cm³/mol. The van der Waals surface area contributed by atoms with E-state index in [2.05, 4.69) is 9.72 Å². The van der Waals surface area contributed by atoms with Crippen LogP contribution in [0, 0.1) is 0 Å². The lowest BCUT2D eigenvalue weighted by Gasteiger charge is -2.32. The third-order valence-corrected chi connectivity index (χ3v) is 3.78. The quantitative estimate of drug-likeness (QED) is 0.837. The average molecular weight is 319 g/mol. The smallest absolute Gasteiger partial charge is 0.342 e. The van der Waals surface area contributed by atoms with E-state index >= 15 is 0 Å². The number of ether oxygens (including phenoxy) is 1. The summed E-state index contributed by atoms with van der Waals surface area (Å²) in [5.41, 5.74) is 0. The van der Waals surface area contributed by atoms with Crippen molar-refractivity contribution in [3.63, 3.8) is 0 Å². The predicted octanol–water partition coefficient (Wildman–Crippen LogP) is 2.36. The second-order valence-electron chi connectivity index (χ2n) is 5.28. The lowest BCUT2D eigenvalue weighted by Crippen LogP contribution is -2.42. The number of hydrogen-bond donors (Lipinski definition) is 0. The SMILES string of the molecule is CCc1nccn1CCC(=O)N1CCC(OC(F)(F)F)CC1. The van der Waals surface area contributed by atoms with Crippen molar-refractivity contribution in [2.75, 3.05) is 13.1 Å². The molecule has 0 unspecified atom stereocenters. The number of imidazole rings is 1. The summed E-state index contributed by atoms with van der Waals surface area (Å²) in [6.07, 6.45) is -0.361.